The minimum absolute atomic E-state index is 0.620. The van der Waals surface area contributed by atoms with Gasteiger partial charge in [0.05, 0.1) is 5.02 Å². The maximum Gasteiger partial charge on any atom is 0.154 e. The summed E-state index contributed by atoms with van der Waals surface area (Å²) in [6.45, 7) is 0. The lowest BCUT2D eigenvalue weighted by molar-refractivity contribution is 0.663. The molecule has 0 bridgehead atoms. The van der Waals surface area contributed by atoms with Crippen molar-refractivity contribution < 1.29 is 8.83 Å². The van der Waals surface area contributed by atoms with Crippen molar-refractivity contribution in [3.63, 3.8) is 0 Å². The van der Waals surface area contributed by atoms with Gasteiger partial charge in [0.2, 0.25) is 0 Å². The number of furan rings is 2. The Bertz CT molecular complexity index is 1470. The second-order valence-corrected chi connectivity index (χ2v) is 7.09. The van der Waals surface area contributed by atoms with E-state index < -0.39 is 0 Å². The van der Waals surface area contributed by atoms with Gasteiger partial charge in [-0.3, -0.25) is 0 Å². The van der Waals surface area contributed by atoms with Gasteiger partial charge in [-0.2, -0.15) is 0 Å². The minimum atomic E-state index is 0.620. The third-order valence-corrected chi connectivity index (χ3v) is 5.46. The normalized spacial score (nSPS) is 11.9. The molecule has 2 heterocycles. The highest BCUT2D eigenvalue weighted by Gasteiger charge is 2.18. The first-order valence-electron chi connectivity index (χ1n) is 8.81. The fourth-order valence-corrected chi connectivity index (χ4v) is 4.20. The van der Waals surface area contributed by atoms with Crippen molar-refractivity contribution in [3.8, 4) is 11.1 Å². The van der Waals surface area contributed by atoms with Gasteiger partial charge in [0.1, 0.15) is 16.7 Å². The molecule has 4 aromatic carbocycles. The fraction of sp³-hybridized carbons (Fsp3) is 0. The molecule has 0 saturated carbocycles. The molecule has 6 aromatic rings. The van der Waals surface area contributed by atoms with E-state index in [0.717, 1.165) is 55.0 Å². The lowest BCUT2D eigenvalue weighted by Gasteiger charge is -2.01. The van der Waals surface area contributed by atoms with Crippen molar-refractivity contribution in [2.45, 2.75) is 0 Å². The molecule has 128 valence electrons. The molecule has 3 heteroatoms. The molecule has 0 unspecified atom stereocenters. The summed E-state index contributed by atoms with van der Waals surface area (Å²) in [5.41, 5.74) is 5.50. The number of benzene rings is 4. The number of hydrogen-bond acceptors (Lipinski definition) is 2. The zero-order valence-corrected chi connectivity index (χ0v) is 15.0. The molecule has 0 aliphatic carbocycles. The average molecular weight is 369 g/mol. The molecule has 0 saturated heterocycles. The zero-order valence-electron chi connectivity index (χ0n) is 14.2. The Morgan fingerprint density at radius 2 is 1.19 bits per heavy atom. The highest BCUT2D eigenvalue weighted by molar-refractivity contribution is 6.37. The van der Waals surface area contributed by atoms with E-state index in [0.29, 0.717) is 5.02 Å². The van der Waals surface area contributed by atoms with E-state index in [2.05, 4.69) is 30.3 Å². The van der Waals surface area contributed by atoms with Gasteiger partial charge < -0.3 is 8.83 Å². The van der Waals surface area contributed by atoms with Crippen LogP contribution in [0.3, 0.4) is 0 Å². The Hall–Kier alpha value is -3.23. The van der Waals surface area contributed by atoms with Crippen LogP contribution in [0.4, 0.5) is 0 Å². The standard InChI is InChI=1S/C24H13ClO2/c25-18-11-5-10-17-22-20(27-24(17)18)13-12-19-21(22)16-9-4-8-15(23(16)26-19)14-6-2-1-3-7-14/h1-13H. The zero-order chi connectivity index (χ0) is 18.0. The average Bonchev–Trinajstić information content (AvgIpc) is 3.27. The molecule has 2 nitrogen and oxygen atoms in total. The summed E-state index contributed by atoms with van der Waals surface area (Å²) in [5, 5.41) is 4.83. The van der Waals surface area contributed by atoms with E-state index in [1.807, 2.05) is 48.5 Å². The van der Waals surface area contributed by atoms with Crippen molar-refractivity contribution in [2.24, 2.45) is 0 Å². The van der Waals surface area contributed by atoms with Crippen LogP contribution in [0.25, 0.3) is 55.0 Å². The number of rotatable bonds is 1. The molecule has 2 aromatic heterocycles. The highest BCUT2D eigenvalue weighted by atomic mass is 35.5. The molecule has 6 rings (SSSR count). The monoisotopic (exact) mass is 368 g/mol. The maximum absolute atomic E-state index is 6.36. The Balaban J connectivity index is 1.82. The summed E-state index contributed by atoms with van der Waals surface area (Å²) in [5.74, 6) is 0. The molecule has 0 aliphatic heterocycles. The van der Waals surface area contributed by atoms with Crippen LogP contribution in [0.1, 0.15) is 0 Å². The third-order valence-electron chi connectivity index (χ3n) is 5.16. The number of fused-ring (bicyclic) bond motifs is 7. The summed E-state index contributed by atoms with van der Waals surface area (Å²) in [6, 6.07) is 26.4. The Morgan fingerprint density at radius 1 is 0.556 bits per heavy atom. The Labute approximate surface area is 159 Å². The molecular weight excluding hydrogens is 356 g/mol. The molecule has 0 aliphatic rings. The van der Waals surface area contributed by atoms with Crippen LogP contribution in [0, 0.1) is 0 Å². The summed E-state index contributed by atoms with van der Waals surface area (Å²) >= 11 is 6.36. The van der Waals surface area contributed by atoms with Gasteiger partial charge in [-0.1, -0.05) is 72.3 Å². The van der Waals surface area contributed by atoms with Crippen LogP contribution >= 0.6 is 11.6 Å². The van der Waals surface area contributed by atoms with Crippen LogP contribution in [0.15, 0.2) is 87.7 Å². The molecule has 0 amide bonds. The molecule has 0 spiro atoms. The van der Waals surface area contributed by atoms with E-state index in [-0.39, 0.29) is 0 Å². The number of halogens is 1. The summed E-state index contributed by atoms with van der Waals surface area (Å²) in [7, 11) is 0. The molecule has 0 atom stereocenters. The topological polar surface area (TPSA) is 26.3 Å². The van der Waals surface area contributed by atoms with E-state index in [4.69, 9.17) is 20.4 Å². The van der Waals surface area contributed by atoms with Gasteiger partial charge in [-0.05, 0) is 23.8 Å². The lowest BCUT2D eigenvalue weighted by Crippen LogP contribution is -1.77. The summed E-state index contributed by atoms with van der Waals surface area (Å²) in [6.07, 6.45) is 0. The van der Waals surface area contributed by atoms with Crippen LogP contribution < -0.4 is 0 Å². The second kappa shape index (κ2) is 5.38. The van der Waals surface area contributed by atoms with E-state index in [1.54, 1.807) is 0 Å². The maximum atomic E-state index is 6.36. The highest BCUT2D eigenvalue weighted by Crippen LogP contribution is 2.43. The van der Waals surface area contributed by atoms with Crippen LogP contribution in [-0.2, 0) is 0 Å². The summed E-state index contributed by atoms with van der Waals surface area (Å²) in [4.78, 5) is 0. The SMILES string of the molecule is Clc1cccc2c1oc1ccc3oc4c(-c5ccccc5)cccc4c3c12. The largest absolute Gasteiger partial charge is 0.455 e. The van der Waals surface area contributed by atoms with Crippen molar-refractivity contribution in [2.75, 3.05) is 0 Å². The van der Waals surface area contributed by atoms with E-state index in [9.17, 15) is 0 Å². The van der Waals surface area contributed by atoms with Gasteiger partial charge in [-0.15, -0.1) is 0 Å². The third kappa shape index (κ3) is 2.02. The summed E-state index contributed by atoms with van der Waals surface area (Å²) < 4.78 is 12.4. The van der Waals surface area contributed by atoms with Crippen molar-refractivity contribution >= 4 is 55.5 Å². The van der Waals surface area contributed by atoms with Gasteiger partial charge in [0.25, 0.3) is 0 Å². The molecule has 27 heavy (non-hydrogen) atoms. The number of para-hydroxylation sites is 2. The molecular formula is C24H13ClO2. The van der Waals surface area contributed by atoms with Crippen LogP contribution in [-0.4, -0.2) is 0 Å². The predicted molar refractivity (Wildman–Crippen MR) is 111 cm³/mol. The quantitative estimate of drug-likeness (QED) is 0.296. The molecule has 0 fully saturated rings. The van der Waals surface area contributed by atoms with E-state index >= 15 is 0 Å². The Morgan fingerprint density at radius 3 is 1.93 bits per heavy atom. The van der Waals surface area contributed by atoms with Gasteiger partial charge in [0, 0.05) is 27.1 Å². The van der Waals surface area contributed by atoms with E-state index in [1.165, 1.54) is 0 Å². The van der Waals surface area contributed by atoms with Gasteiger partial charge >= 0.3 is 0 Å². The van der Waals surface area contributed by atoms with Gasteiger partial charge in [-0.25, -0.2) is 0 Å². The first kappa shape index (κ1) is 14.9. The van der Waals surface area contributed by atoms with Gasteiger partial charge in [0.15, 0.2) is 5.58 Å². The predicted octanol–water partition coefficient (Wildman–Crippen LogP) is 7.81. The minimum Gasteiger partial charge on any atom is -0.455 e. The van der Waals surface area contributed by atoms with Crippen molar-refractivity contribution in [1.82, 2.24) is 0 Å². The van der Waals surface area contributed by atoms with Crippen LogP contribution in [0.2, 0.25) is 5.02 Å². The molecule has 0 radical (unpaired) electrons. The van der Waals surface area contributed by atoms with Crippen molar-refractivity contribution in [3.05, 3.63) is 83.9 Å². The first-order chi connectivity index (χ1) is 13.3. The lowest BCUT2D eigenvalue weighted by atomic mass is 10.0. The second-order valence-electron chi connectivity index (χ2n) is 6.68. The van der Waals surface area contributed by atoms with Crippen LogP contribution in [0.5, 0.6) is 0 Å². The first-order valence-corrected chi connectivity index (χ1v) is 9.19. The van der Waals surface area contributed by atoms with Crippen molar-refractivity contribution in [1.29, 1.82) is 0 Å². The molecule has 0 N–H and O–H groups in total. The fourth-order valence-electron chi connectivity index (χ4n) is 3.99. The Kier molecular flexibility index (Phi) is 2.97. The smallest absolute Gasteiger partial charge is 0.154 e. The number of hydrogen-bond donors (Lipinski definition) is 0.